The summed E-state index contributed by atoms with van der Waals surface area (Å²) in [6, 6.07) is 14.8. The monoisotopic (exact) mass is 730 g/mol. The summed E-state index contributed by atoms with van der Waals surface area (Å²) in [6.07, 6.45) is 1.04. The summed E-state index contributed by atoms with van der Waals surface area (Å²) in [4.78, 5) is 32.8. The van der Waals surface area contributed by atoms with Crippen molar-refractivity contribution >= 4 is 23.5 Å². The van der Waals surface area contributed by atoms with Crippen LogP contribution in [-0.4, -0.2) is 59.4 Å². The number of aromatic nitrogens is 2. The second-order valence-corrected chi connectivity index (χ2v) is 13.6. The Bertz CT molecular complexity index is 1850. The van der Waals surface area contributed by atoms with E-state index in [-0.39, 0.29) is 36.0 Å². The molecule has 6 rings (SSSR count). The summed E-state index contributed by atoms with van der Waals surface area (Å²) in [5, 5.41) is 26.2. The second kappa shape index (κ2) is 15.8. The highest BCUT2D eigenvalue weighted by Crippen LogP contribution is 2.40. The number of nitrogens with one attached hydrogen (secondary N) is 2. The van der Waals surface area contributed by atoms with E-state index < -0.39 is 29.8 Å². The van der Waals surface area contributed by atoms with Crippen molar-refractivity contribution in [2.24, 2.45) is 11.8 Å². The van der Waals surface area contributed by atoms with Crippen molar-refractivity contribution in [2.75, 3.05) is 27.3 Å². The first-order valence-corrected chi connectivity index (χ1v) is 17.5. The smallest absolute Gasteiger partial charge is 0.308 e. The lowest BCUT2D eigenvalue weighted by Gasteiger charge is -2.21. The molecule has 13 heteroatoms. The maximum Gasteiger partial charge on any atom is 0.308 e. The third-order valence-electron chi connectivity index (χ3n) is 10.1. The van der Waals surface area contributed by atoms with E-state index in [9.17, 15) is 19.8 Å². The number of aryl methyl sites for hydroxylation is 1. The Kier molecular flexibility index (Phi) is 11.2. The van der Waals surface area contributed by atoms with Crippen molar-refractivity contribution in [3.8, 4) is 34.6 Å². The number of methoxy groups -OCH3 is 2. The Morgan fingerprint density at radius 2 is 1.19 bits per heavy atom. The van der Waals surface area contributed by atoms with Gasteiger partial charge >= 0.3 is 11.9 Å². The molecule has 0 radical (unpaired) electrons. The highest BCUT2D eigenvalue weighted by atomic mass is 35.5. The zero-order valence-electron chi connectivity index (χ0n) is 29.8. The summed E-state index contributed by atoms with van der Waals surface area (Å²) in [5.74, 6) is -1.67. The number of hydrogen-bond donors (Lipinski definition) is 4. The number of halogens is 1. The molecule has 0 amide bonds. The Labute approximate surface area is 307 Å². The third kappa shape index (κ3) is 7.37. The molecule has 4 aromatic rings. The maximum absolute atomic E-state index is 11.8. The molecule has 274 valence electrons. The van der Waals surface area contributed by atoms with Crippen molar-refractivity contribution < 1.29 is 38.7 Å². The summed E-state index contributed by atoms with van der Waals surface area (Å²) in [6.45, 7) is 7.64. The van der Waals surface area contributed by atoms with Crippen molar-refractivity contribution in [2.45, 2.75) is 58.9 Å². The highest BCUT2D eigenvalue weighted by Gasteiger charge is 2.37. The molecule has 2 aliphatic heterocycles. The number of aliphatic carboxylic acids is 2. The second-order valence-electron chi connectivity index (χ2n) is 13.2. The van der Waals surface area contributed by atoms with Gasteiger partial charge < -0.3 is 39.8 Å². The molecule has 2 aromatic carbocycles. The van der Waals surface area contributed by atoms with Crippen LogP contribution >= 0.6 is 11.6 Å². The molecule has 12 nitrogen and oxygen atoms in total. The number of rotatable bonds is 13. The first-order chi connectivity index (χ1) is 25.0. The largest absolute Gasteiger partial charge is 0.481 e. The molecule has 2 fully saturated rings. The molecule has 2 aliphatic rings. The molecule has 0 unspecified atom stereocenters. The lowest BCUT2D eigenvalue weighted by atomic mass is 9.92. The molecule has 52 heavy (non-hydrogen) atoms. The lowest BCUT2D eigenvalue weighted by molar-refractivity contribution is -0.143. The van der Waals surface area contributed by atoms with E-state index >= 15 is 0 Å². The van der Waals surface area contributed by atoms with E-state index in [1.165, 1.54) is 14.2 Å². The molecular weight excluding hydrogens is 688 g/mol. The van der Waals surface area contributed by atoms with Crippen molar-refractivity contribution in [3.63, 3.8) is 0 Å². The van der Waals surface area contributed by atoms with Gasteiger partial charge in [-0.25, -0.2) is 0 Å². The third-order valence-corrected chi connectivity index (χ3v) is 10.4. The first-order valence-electron chi connectivity index (χ1n) is 17.2. The quantitative estimate of drug-likeness (QED) is 0.121. The summed E-state index contributed by atoms with van der Waals surface area (Å²) >= 11 is 6.62. The number of carbonyl (C=O) groups is 2. The number of pyridine rings is 2. The average Bonchev–Trinajstić information content (AvgIpc) is 3.83. The molecule has 0 saturated carbocycles. The Morgan fingerprint density at radius 3 is 1.67 bits per heavy atom. The molecule has 4 atom stereocenters. The molecular formula is C39H43ClN4O8. The number of carboxylic acid groups (broad SMARTS) is 2. The van der Waals surface area contributed by atoms with Gasteiger partial charge in [0.1, 0.15) is 18.2 Å². The van der Waals surface area contributed by atoms with Gasteiger partial charge in [0.2, 0.25) is 23.5 Å². The predicted octanol–water partition coefficient (Wildman–Crippen LogP) is 6.37. The van der Waals surface area contributed by atoms with E-state index in [0.29, 0.717) is 48.8 Å². The minimum Gasteiger partial charge on any atom is -0.481 e. The number of ether oxygens (including phenoxy) is 4. The van der Waals surface area contributed by atoms with Crippen LogP contribution in [0.5, 0.6) is 23.5 Å². The van der Waals surface area contributed by atoms with Gasteiger partial charge in [0.25, 0.3) is 0 Å². The van der Waals surface area contributed by atoms with Gasteiger partial charge in [0.05, 0.1) is 38.1 Å². The number of hydrogen-bond acceptors (Lipinski definition) is 10. The molecule has 2 saturated heterocycles. The molecule has 4 N–H and O–H groups in total. The van der Waals surface area contributed by atoms with Gasteiger partial charge in [-0.2, -0.15) is 9.97 Å². The van der Waals surface area contributed by atoms with E-state index in [2.05, 4.69) is 39.7 Å². The van der Waals surface area contributed by atoms with E-state index in [0.717, 1.165) is 38.9 Å². The normalized spacial score (nSPS) is 19.7. The predicted molar refractivity (Wildman–Crippen MR) is 194 cm³/mol. The van der Waals surface area contributed by atoms with Crippen LogP contribution in [0.1, 0.15) is 63.9 Å². The van der Waals surface area contributed by atoms with Gasteiger partial charge in [0.15, 0.2) is 0 Å². The highest BCUT2D eigenvalue weighted by molar-refractivity contribution is 6.31. The van der Waals surface area contributed by atoms with Crippen LogP contribution in [0, 0.1) is 32.6 Å². The standard InChI is InChI=1S/C39H43ClN4O8/c1-20-16-29(32-27(38(45)46)12-14-41-32)35(49-4)43-34(20)51-18-23-8-6-10-25(21(23)2)26-11-7-9-24(22(26)3)19-52-37-31(40)17-30(36(44-37)50-5)33-28(39(47)48)13-15-42-33/h6-11,16-17,27-28,32-33,41-42H,12-15,18-19H2,1-5H3,(H,45,46)(H,47,48)/t27-,28-,32+,33+/m0/s1. The van der Waals surface area contributed by atoms with Crippen LogP contribution in [0.25, 0.3) is 11.1 Å². The zero-order valence-corrected chi connectivity index (χ0v) is 30.5. The van der Waals surface area contributed by atoms with Crippen LogP contribution < -0.4 is 29.6 Å². The molecule has 0 spiro atoms. The Balaban J connectivity index is 1.19. The summed E-state index contributed by atoms with van der Waals surface area (Å²) < 4.78 is 23.5. The van der Waals surface area contributed by atoms with Crippen LogP contribution in [0.4, 0.5) is 0 Å². The van der Waals surface area contributed by atoms with Gasteiger partial charge in [0, 0.05) is 16.7 Å². The minimum atomic E-state index is -0.884. The van der Waals surface area contributed by atoms with E-state index in [4.69, 9.17) is 30.5 Å². The Hall–Kier alpha value is -4.91. The average molecular weight is 731 g/mol. The molecule has 0 bridgehead atoms. The van der Waals surface area contributed by atoms with E-state index in [1.807, 2.05) is 44.2 Å². The summed E-state index contributed by atoms with van der Waals surface area (Å²) in [5.41, 5.74) is 8.16. The van der Waals surface area contributed by atoms with Gasteiger partial charge in [-0.05, 0) is 92.2 Å². The van der Waals surface area contributed by atoms with Gasteiger partial charge in [-0.15, -0.1) is 0 Å². The van der Waals surface area contributed by atoms with Crippen LogP contribution in [0.3, 0.4) is 0 Å². The van der Waals surface area contributed by atoms with Crippen LogP contribution in [-0.2, 0) is 22.8 Å². The van der Waals surface area contributed by atoms with E-state index in [1.54, 1.807) is 6.07 Å². The lowest BCUT2D eigenvalue weighted by Crippen LogP contribution is -2.24. The number of nitrogens with zero attached hydrogens (tertiary/aromatic N) is 2. The SMILES string of the molecule is COc1nc(OCc2cccc(-c3cccc(COc4nc(OC)c([C@@H]5NCC[C@@H]5C(=O)O)cc4Cl)c3C)c2C)c(C)cc1[C@@H]1NCC[C@@H]1C(=O)O. The molecule has 4 heterocycles. The number of benzene rings is 2. The van der Waals surface area contributed by atoms with Crippen LogP contribution in [0.2, 0.25) is 5.02 Å². The van der Waals surface area contributed by atoms with Crippen molar-refractivity contribution in [1.82, 2.24) is 20.6 Å². The fourth-order valence-corrected chi connectivity index (χ4v) is 7.45. The maximum atomic E-state index is 11.8. The van der Waals surface area contributed by atoms with Crippen molar-refractivity contribution in [3.05, 3.63) is 92.5 Å². The molecule has 0 aliphatic carbocycles. The molecule has 2 aromatic heterocycles. The minimum absolute atomic E-state index is 0.196. The zero-order chi connectivity index (χ0) is 37.1. The fraction of sp³-hybridized carbons (Fsp3) is 0.385. The summed E-state index contributed by atoms with van der Waals surface area (Å²) in [7, 11) is 3.01. The van der Waals surface area contributed by atoms with Gasteiger partial charge in [-0.1, -0.05) is 48.0 Å². The van der Waals surface area contributed by atoms with Crippen LogP contribution in [0.15, 0.2) is 48.5 Å². The van der Waals surface area contributed by atoms with Crippen molar-refractivity contribution in [1.29, 1.82) is 0 Å². The van der Waals surface area contributed by atoms with Gasteiger partial charge in [-0.3, -0.25) is 9.59 Å². The number of carboxylic acids is 2. The first kappa shape index (κ1) is 36.9. The Morgan fingerprint density at radius 1 is 0.731 bits per heavy atom. The fourth-order valence-electron chi connectivity index (χ4n) is 7.24. The topological polar surface area (TPSA) is 161 Å².